The molecular formula is C14H24N2O5. The summed E-state index contributed by atoms with van der Waals surface area (Å²) in [4.78, 5) is 33.9. The maximum absolute atomic E-state index is 11.9. The Balaban J connectivity index is 2.28. The lowest BCUT2D eigenvalue weighted by Crippen LogP contribution is -2.44. The van der Waals surface area contributed by atoms with E-state index in [1.165, 1.54) is 6.42 Å². The summed E-state index contributed by atoms with van der Waals surface area (Å²) in [5.74, 6) is -2.53. The predicted octanol–water partition coefficient (Wildman–Crippen LogP) is 0.417. The molecular weight excluding hydrogens is 276 g/mol. The van der Waals surface area contributed by atoms with E-state index in [1.807, 2.05) is 0 Å². The number of aliphatic carboxylic acids is 1. The van der Waals surface area contributed by atoms with Gasteiger partial charge in [-0.15, -0.1) is 0 Å². The van der Waals surface area contributed by atoms with E-state index in [2.05, 4.69) is 5.32 Å². The highest BCUT2D eigenvalue weighted by Gasteiger charge is 2.23. The molecule has 0 aliphatic heterocycles. The maximum Gasteiger partial charge on any atom is 0.310 e. The van der Waals surface area contributed by atoms with Crippen molar-refractivity contribution in [3.63, 3.8) is 0 Å². The van der Waals surface area contributed by atoms with Gasteiger partial charge in [0.2, 0.25) is 5.91 Å². The van der Waals surface area contributed by atoms with Crippen LogP contribution in [-0.2, 0) is 19.1 Å². The third-order valence-corrected chi connectivity index (χ3v) is 3.55. The molecule has 1 saturated carbocycles. The third-order valence-electron chi connectivity index (χ3n) is 3.55. The summed E-state index contributed by atoms with van der Waals surface area (Å²) >= 11 is 0. The highest BCUT2D eigenvalue weighted by atomic mass is 16.5. The Labute approximate surface area is 124 Å². The molecule has 0 aromatic rings. The fourth-order valence-corrected chi connectivity index (χ4v) is 2.21. The molecule has 1 fully saturated rings. The van der Waals surface area contributed by atoms with Crippen LogP contribution in [0.1, 0.15) is 45.4 Å². The fourth-order valence-electron chi connectivity index (χ4n) is 2.21. The van der Waals surface area contributed by atoms with Gasteiger partial charge in [-0.2, -0.15) is 0 Å². The van der Waals surface area contributed by atoms with Crippen LogP contribution in [0.5, 0.6) is 0 Å². The van der Waals surface area contributed by atoms with E-state index < -0.39 is 30.3 Å². The minimum atomic E-state index is -1.14. The molecule has 21 heavy (non-hydrogen) atoms. The van der Waals surface area contributed by atoms with Crippen molar-refractivity contribution in [1.82, 2.24) is 5.32 Å². The second-order valence-corrected chi connectivity index (χ2v) is 5.55. The largest absolute Gasteiger partial charge is 0.481 e. The van der Waals surface area contributed by atoms with Crippen LogP contribution in [0.2, 0.25) is 0 Å². The molecule has 7 heteroatoms. The molecule has 0 saturated heterocycles. The summed E-state index contributed by atoms with van der Waals surface area (Å²) in [5.41, 5.74) is 5.42. The number of carbonyl (C=O) groups excluding carboxylic acids is 2. The van der Waals surface area contributed by atoms with Gasteiger partial charge in [-0.25, -0.2) is 0 Å². The summed E-state index contributed by atoms with van der Waals surface area (Å²) in [6.45, 7) is 1.76. The summed E-state index contributed by atoms with van der Waals surface area (Å²) in [7, 11) is 0. The second kappa shape index (κ2) is 8.61. The van der Waals surface area contributed by atoms with Crippen molar-refractivity contribution in [3.8, 4) is 0 Å². The first-order chi connectivity index (χ1) is 9.90. The monoisotopic (exact) mass is 300 g/mol. The van der Waals surface area contributed by atoms with Crippen molar-refractivity contribution >= 4 is 17.8 Å². The molecule has 0 heterocycles. The Morgan fingerprint density at radius 1 is 1.29 bits per heavy atom. The summed E-state index contributed by atoms with van der Waals surface area (Å²) in [5, 5.41) is 11.0. The van der Waals surface area contributed by atoms with Crippen LogP contribution < -0.4 is 11.1 Å². The van der Waals surface area contributed by atoms with E-state index in [9.17, 15) is 14.4 Å². The van der Waals surface area contributed by atoms with Crippen LogP contribution in [0, 0.1) is 5.92 Å². The highest BCUT2D eigenvalue weighted by Crippen LogP contribution is 2.21. The molecule has 4 N–H and O–H groups in total. The van der Waals surface area contributed by atoms with Gasteiger partial charge in [-0.05, 0) is 25.7 Å². The minimum Gasteiger partial charge on any atom is -0.481 e. The van der Waals surface area contributed by atoms with Gasteiger partial charge in [0.05, 0.1) is 18.4 Å². The van der Waals surface area contributed by atoms with E-state index in [-0.39, 0.29) is 18.6 Å². The Morgan fingerprint density at radius 3 is 2.48 bits per heavy atom. The van der Waals surface area contributed by atoms with E-state index >= 15 is 0 Å². The van der Waals surface area contributed by atoms with Crippen molar-refractivity contribution in [2.75, 3.05) is 6.54 Å². The van der Waals surface area contributed by atoms with E-state index in [0.29, 0.717) is 0 Å². The number of carbonyl (C=O) groups is 3. The van der Waals surface area contributed by atoms with Crippen molar-refractivity contribution in [1.29, 1.82) is 0 Å². The third kappa shape index (κ3) is 6.57. The predicted molar refractivity (Wildman–Crippen MR) is 75.4 cm³/mol. The molecule has 0 spiro atoms. The number of rotatable bonds is 7. The molecule has 1 aliphatic carbocycles. The van der Waals surface area contributed by atoms with Crippen molar-refractivity contribution in [3.05, 3.63) is 0 Å². The average Bonchev–Trinajstić information content (AvgIpc) is 2.44. The number of carboxylic acid groups (broad SMARTS) is 1. The summed E-state index contributed by atoms with van der Waals surface area (Å²) in [6, 6.07) is -1.11. The lowest BCUT2D eigenvalue weighted by atomic mass is 9.97. The van der Waals surface area contributed by atoms with Crippen molar-refractivity contribution in [2.24, 2.45) is 11.7 Å². The molecule has 0 bridgehead atoms. The second-order valence-electron chi connectivity index (χ2n) is 5.55. The number of carboxylic acids is 1. The standard InChI is InChI=1S/C14H24N2O5/c1-9(8-16-13(19)11(15)7-12(17)18)14(20)21-10-5-3-2-4-6-10/h9-11H,2-8,15H2,1H3,(H,16,19)(H,17,18). The van der Waals surface area contributed by atoms with Crippen molar-refractivity contribution in [2.45, 2.75) is 57.6 Å². The smallest absolute Gasteiger partial charge is 0.310 e. The zero-order valence-corrected chi connectivity index (χ0v) is 12.3. The van der Waals surface area contributed by atoms with Gasteiger partial charge in [0.1, 0.15) is 6.10 Å². The van der Waals surface area contributed by atoms with E-state index in [0.717, 1.165) is 25.7 Å². The molecule has 2 unspecified atom stereocenters. The lowest BCUT2D eigenvalue weighted by molar-refractivity contribution is -0.154. The van der Waals surface area contributed by atoms with Gasteiger partial charge in [0.15, 0.2) is 0 Å². The van der Waals surface area contributed by atoms with Gasteiger partial charge in [-0.1, -0.05) is 13.3 Å². The van der Waals surface area contributed by atoms with Crippen LogP contribution in [-0.4, -0.2) is 41.6 Å². The average molecular weight is 300 g/mol. The first kappa shape index (κ1) is 17.4. The number of ether oxygens (including phenoxy) is 1. The van der Waals surface area contributed by atoms with Crippen molar-refractivity contribution < 1.29 is 24.2 Å². The van der Waals surface area contributed by atoms with Crippen LogP contribution in [0.3, 0.4) is 0 Å². The Kier molecular flexibility index (Phi) is 7.14. The van der Waals surface area contributed by atoms with E-state index in [1.54, 1.807) is 6.92 Å². The SMILES string of the molecule is CC(CNC(=O)C(N)CC(=O)O)C(=O)OC1CCCCC1. The summed E-state index contributed by atoms with van der Waals surface area (Å²) < 4.78 is 5.39. The Bertz CT molecular complexity index is 380. The molecule has 1 amide bonds. The zero-order valence-electron chi connectivity index (χ0n) is 12.3. The normalized spacial score (nSPS) is 18.6. The number of amides is 1. The summed E-state index contributed by atoms with van der Waals surface area (Å²) in [6.07, 6.45) is 4.68. The molecule has 0 radical (unpaired) electrons. The molecule has 1 rings (SSSR count). The van der Waals surface area contributed by atoms with Crippen LogP contribution in [0.15, 0.2) is 0 Å². The number of nitrogens with two attached hydrogens (primary N) is 1. The molecule has 120 valence electrons. The molecule has 0 aromatic carbocycles. The van der Waals surface area contributed by atoms with Crippen LogP contribution >= 0.6 is 0 Å². The maximum atomic E-state index is 11.9. The fraction of sp³-hybridized carbons (Fsp3) is 0.786. The van der Waals surface area contributed by atoms with Gasteiger partial charge in [-0.3, -0.25) is 14.4 Å². The first-order valence-corrected chi connectivity index (χ1v) is 7.35. The van der Waals surface area contributed by atoms with E-state index in [4.69, 9.17) is 15.6 Å². The Hall–Kier alpha value is -1.63. The number of hydrogen-bond donors (Lipinski definition) is 3. The molecule has 2 atom stereocenters. The number of hydrogen-bond acceptors (Lipinski definition) is 5. The van der Waals surface area contributed by atoms with Crippen LogP contribution in [0.25, 0.3) is 0 Å². The minimum absolute atomic E-state index is 0.0151. The van der Waals surface area contributed by atoms with Gasteiger partial charge in [0.25, 0.3) is 0 Å². The van der Waals surface area contributed by atoms with Gasteiger partial charge >= 0.3 is 11.9 Å². The quantitative estimate of drug-likeness (QED) is 0.586. The number of nitrogens with one attached hydrogen (secondary N) is 1. The zero-order chi connectivity index (χ0) is 15.8. The van der Waals surface area contributed by atoms with Gasteiger partial charge < -0.3 is 20.9 Å². The lowest BCUT2D eigenvalue weighted by Gasteiger charge is -2.23. The molecule has 7 nitrogen and oxygen atoms in total. The Morgan fingerprint density at radius 2 is 1.90 bits per heavy atom. The molecule has 0 aromatic heterocycles. The topological polar surface area (TPSA) is 119 Å². The highest BCUT2D eigenvalue weighted by molar-refractivity contribution is 5.86. The number of esters is 1. The first-order valence-electron chi connectivity index (χ1n) is 7.35. The van der Waals surface area contributed by atoms with Gasteiger partial charge in [0, 0.05) is 6.54 Å². The van der Waals surface area contributed by atoms with Crippen LogP contribution in [0.4, 0.5) is 0 Å². The molecule has 1 aliphatic rings.